The Balaban J connectivity index is 2.15. The van der Waals surface area contributed by atoms with Gasteiger partial charge in [-0.1, -0.05) is 12.1 Å². The number of halogens is 2. The molecular weight excluding hydrogens is 238 g/mol. The Morgan fingerprint density at radius 1 is 1.17 bits per heavy atom. The van der Waals surface area contributed by atoms with Crippen molar-refractivity contribution in [2.24, 2.45) is 5.92 Å². The maximum absolute atomic E-state index is 13.8. The molecule has 1 aliphatic rings. The van der Waals surface area contributed by atoms with Gasteiger partial charge in [-0.15, -0.1) is 0 Å². The highest BCUT2D eigenvalue weighted by Crippen LogP contribution is 2.37. The van der Waals surface area contributed by atoms with Gasteiger partial charge in [0, 0.05) is 0 Å². The summed E-state index contributed by atoms with van der Waals surface area (Å²) in [5, 5.41) is 8.90. The van der Waals surface area contributed by atoms with E-state index in [2.05, 4.69) is 0 Å². The van der Waals surface area contributed by atoms with Gasteiger partial charge >= 0.3 is 5.97 Å². The predicted octanol–water partition coefficient (Wildman–Crippen LogP) is 3.63. The lowest BCUT2D eigenvalue weighted by atomic mass is 9.78. The summed E-state index contributed by atoms with van der Waals surface area (Å²) in [6.45, 7) is 1.53. The van der Waals surface area contributed by atoms with E-state index in [4.69, 9.17) is 5.11 Å². The van der Waals surface area contributed by atoms with Gasteiger partial charge in [0.25, 0.3) is 0 Å². The number of carbonyl (C=O) groups is 1. The minimum atomic E-state index is -0.788. The number of aliphatic carboxylic acids is 1. The van der Waals surface area contributed by atoms with Crippen LogP contribution in [0.4, 0.5) is 8.78 Å². The van der Waals surface area contributed by atoms with Crippen LogP contribution >= 0.6 is 0 Å². The molecule has 0 radical (unpaired) electrons. The summed E-state index contributed by atoms with van der Waals surface area (Å²) in [6, 6.07) is 3.20. The number of benzene rings is 1. The van der Waals surface area contributed by atoms with Gasteiger partial charge in [0.2, 0.25) is 0 Å². The zero-order valence-corrected chi connectivity index (χ0v) is 10.2. The van der Waals surface area contributed by atoms with E-state index >= 15 is 0 Å². The maximum atomic E-state index is 13.8. The molecule has 4 heteroatoms. The van der Waals surface area contributed by atoms with Gasteiger partial charge in [0.15, 0.2) is 11.6 Å². The molecule has 18 heavy (non-hydrogen) atoms. The zero-order valence-electron chi connectivity index (χ0n) is 10.2. The van der Waals surface area contributed by atoms with Crippen LogP contribution < -0.4 is 0 Å². The maximum Gasteiger partial charge on any atom is 0.306 e. The number of aryl methyl sites for hydroxylation is 1. The molecule has 1 fully saturated rings. The van der Waals surface area contributed by atoms with Crippen molar-refractivity contribution in [2.75, 3.05) is 0 Å². The van der Waals surface area contributed by atoms with Gasteiger partial charge in [-0.05, 0) is 49.7 Å². The van der Waals surface area contributed by atoms with Crippen molar-refractivity contribution in [3.8, 4) is 0 Å². The number of hydrogen-bond donors (Lipinski definition) is 1. The van der Waals surface area contributed by atoms with E-state index < -0.39 is 17.6 Å². The first-order valence-corrected chi connectivity index (χ1v) is 6.18. The molecule has 2 rings (SSSR count). The molecule has 0 unspecified atom stereocenters. The Labute approximate surface area is 105 Å². The molecule has 0 aliphatic heterocycles. The second-order valence-electron chi connectivity index (χ2n) is 4.99. The third-order valence-electron chi connectivity index (χ3n) is 3.82. The molecule has 0 spiro atoms. The molecule has 1 aromatic rings. The minimum absolute atomic E-state index is 0.0595. The van der Waals surface area contributed by atoms with Crippen LogP contribution in [0.2, 0.25) is 0 Å². The topological polar surface area (TPSA) is 37.3 Å². The van der Waals surface area contributed by atoms with Gasteiger partial charge in [-0.3, -0.25) is 4.79 Å². The molecule has 0 saturated heterocycles. The molecule has 2 nitrogen and oxygen atoms in total. The smallest absolute Gasteiger partial charge is 0.306 e. The van der Waals surface area contributed by atoms with E-state index in [1.165, 1.54) is 6.92 Å². The van der Waals surface area contributed by atoms with E-state index in [1.54, 1.807) is 12.1 Å². The van der Waals surface area contributed by atoms with E-state index in [9.17, 15) is 13.6 Å². The molecular formula is C14H16F2O2. The van der Waals surface area contributed by atoms with Crippen LogP contribution in [-0.2, 0) is 4.79 Å². The number of carboxylic acid groups (broad SMARTS) is 1. The third kappa shape index (κ3) is 2.37. The highest BCUT2D eigenvalue weighted by molar-refractivity contribution is 5.70. The first-order chi connectivity index (χ1) is 8.50. The van der Waals surface area contributed by atoms with Gasteiger partial charge in [-0.2, -0.15) is 0 Å². The van der Waals surface area contributed by atoms with Crippen LogP contribution in [0.3, 0.4) is 0 Å². The van der Waals surface area contributed by atoms with Crippen molar-refractivity contribution < 1.29 is 18.7 Å². The molecule has 1 aliphatic carbocycles. The Hall–Kier alpha value is -1.45. The fourth-order valence-corrected chi connectivity index (χ4v) is 2.63. The van der Waals surface area contributed by atoms with Crippen LogP contribution in [0.1, 0.15) is 42.7 Å². The summed E-state index contributed by atoms with van der Waals surface area (Å²) in [6.07, 6.45) is 2.29. The Morgan fingerprint density at radius 3 is 2.33 bits per heavy atom. The number of rotatable bonds is 2. The van der Waals surface area contributed by atoms with Crippen LogP contribution in [0.25, 0.3) is 0 Å². The molecule has 1 N–H and O–H groups in total. The lowest BCUT2D eigenvalue weighted by Crippen LogP contribution is -2.21. The first kappa shape index (κ1) is 13.0. The summed E-state index contributed by atoms with van der Waals surface area (Å²) in [7, 11) is 0. The van der Waals surface area contributed by atoms with Gasteiger partial charge < -0.3 is 5.11 Å². The van der Waals surface area contributed by atoms with Crippen molar-refractivity contribution in [2.45, 2.75) is 38.5 Å². The summed E-state index contributed by atoms with van der Waals surface area (Å²) >= 11 is 0. The molecule has 0 amide bonds. The summed E-state index contributed by atoms with van der Waals surface area (Å²) in [4.78, 5) is 10.8. The summed E-state index contributed by atoms with van der Waals surface area (Å²) in [5.41, 5.74) is 0.692. The SMILES string of the molecule is Cc1ccc(C2CCC(C(=O)O)CC2)c(F)c1F. The standard InChI is InChI=1S/C14H16F2O2/c1-8-2-7-11(13(16)12(8)15)9-3-5-10(6-4-9)14(17)18/h2,7,9-10H,3-6H2,1H3,(H,17,18). The van der Waals surface area contributed by atoms with Crippen LogP contribution in [-0.4, -0.2) is 11.1 Å². The van der Waals surface area contributed by atoms with E-state index in [0.717, 1.165) is 0 Å². The molecule has 0 bridgehead atoms. The molecule has 1 saturated carbocycles. The average molecular weight is 254 g/mol. The Kier molecular flexibility index (Phi) is 3.64. The second-order valence-corrected chi connectivity index (χ2v) is 4.99. The van der Waals surface area contributed by atoms with Crippen LogP contribution in [0.5, 0.6) is 0 Å². The lowest BCUT2D eigenvalue weighted by molar-refractivity contribution is -0.142. The van der Waals surface area contributed by atoms with E-state index in [0.29, 0.717) is 36.8 Å². The molecule has 98 valence electrons. The van der Waals surface area contributed by atoms with Crippen LogP contribution in [0.15, 0.2) is 12.1 Å². The van der Waals surface area contributed by atoms with E-state index in [-0.39, 0.29) is 11.8 Å². The zero-order chi connectivity index (χ0) is 13.3. The van der Waals surface area contributed by atoms with Crippen LogP contribution in [0, 0.1) is 24.5 Å². The lowest BCUT2D eigenvalue weighted by Gasteiger charge is -2.26. The molecule has 0 aromatic heterocycles. The quantitative estimate of drug-likeness (QED) is 0.875. The third-order valence-corrected chi connectivity index (χ3v) is 3.82. The normalized spacial score (nSPS) is 23.9. The fourth-order valence-electron chi connectivity index (χ4n) is 2.63. The van der Waals surface area contributed by atoms with Gasteiger partial charge in [0.1, 0.15) is 0 Å². The summed E-state index contributed by atoms with van der Waals surface area (Å²) < 4.78 is 27.3. The van der Waals surface area contributed by atoms with Gasteiger partial charge in [0.05, 0.1) is 5.92 Å². The Morgan fingerprint density at radius 2 is 1.78 bits per heavy atom. The predicted molar refractivity (Wildman–Crippen MR) is 63.4 cm³/mol. The largest absolute Gasteiger partial charge is 0.481 e. The summed E-state index contributed by atoms with van der Waals surface area (Å²) in [5.74, 6) is -2.74. The molecule has 0 heterocycles. The van der Waals surface area contributed by atoms with Gasteiger partial charge in [-0.25, -0.2) is 8.78 Å². The second kappa shape index (κ2) is 5.04. The monoisotopic (exact) mass is 254 g/mol. The fraction of sp³-hybridized carbons (Fsp3) is 0.500. The minimum Gasteiger partial charge on any atom is -0.481 e. The number of hydrogen-bond acceptors (Lipinski definition) is 1. The number of carboxylic acids is 1. The van der Waals surface area contributed by atoms with Crippen molar-refractivity contribution in [1.82, 2.24) is 0 Å². The Bertz CT molecular complexity index is 463. The highest BCUT2D eigenvalue weighted by Gasteiger charge is 2.28. The van der Waals surface area contributed by atoms with Crippen molar-refractivity contribution in [1.29, 1.82) is 0 Å². The van der Waals surface area contributed by atoms with Crippen molar-refractivity contribution in [3.63, 3.8) is 0 Å². The van der Waals surface area contributed by atoms with Crippen molar-refractivity contribution >= 4 is 5.97 Å². The van der Waals surface area contributed by atoms with Crippen molar-refractivity contribution in [3.05, 3.63) is 34.9 Å². The first-order valence-electron chi connectivity index (χ1n) is 6.18. The average Bonchev–Trinajstić information content (AvgIpc) is 2.36. The molecule has 1 aromatic carbocycles. The van der Waals surface area contributed by atoms with E-state index in [1.807, 2.05) is 0 Å². The highest BCUT2D eigenvalue weighted by atomic mass is 19.2. The molecule has 0 atom stereocenters.